The molecule has 0 saturated heterocycles. The number of hydrogen-bond donors (Lipinski definition) is 1. The van der Waals surface area contributed by atoms with Gasteiger partial charge in [-0.3, -0.25) is 19.7 Å². The minimum atomic E-state index is -0.780. The van der Waals surface area contributed by atoms with E-state index < -0.39 is 23.3 Å². The Hall–Kier alpha value is -4.53. The predicted molar refractivity (Wildman–Crippen MR) is 120 cm³/mol. The molecule has 3 aromatic rings. The zero-order valence-electron chi connectivity index (χ0n) is 17.9. The Balaban J connectivity index is 1.64. The van der Waals surface area contributed by atoms with Crippen molar-refractivity contribution < 1.29 is 28.8 Å². The van der Waals surface area contributed by atoms with Crippen LogP contribution in [0.3, 0.4) is 0 Å². The molecule has 0 bridgehead atoms. The van der Waals surface area contributed by atoms with Gasteiger partial charge in [-0.05, 0) is 49.4 Å². The van der Waals surface area contributed by atoms with Crippen LogP contribution in [0.2, 0.25) is 0 Å². The van der Waals surface area contributed by atoms with Gasteiger partial charge in [-0.2, -0.15) is 0 Å². The Morgan fingerprint density at radius 3 is 2.30 bits per heavy atom. The van der Waals surface area contributed by atoms with Gasteiger partial charge >= 0.3 is 11.7 Å². The molecule has 1 N–H and O–H groups in total. The van der Waals surface area contributed by atoms with E-state index in [0.29, 0.717) is 11.3 Å². The number of benzene rings is 3. The fourth-order valence-electron chi connectivity index (χ4n) is 2.94. The van der Waals surface area contributed by atoms with Crippen LogP contribution in [0.4, 0.5) is 11.4 Å². The average Bonchev–Trinajstić information content (AvgIpc) is 2.82. The largest absolute Gasteiger partial charge is 0.490 e. The number of hydrogen-bond acceptors (Lipinski definition) is 7. The zero-order valence-corrected chi connectivity index (χ0v) is 17.9. The van der Waals surface area contributed by atoms with Gasteiger partial charge in [-0.15, -0.1) is 0 Å². The lowest BCUT2D eigenvalue weighted by molar-refractivity contribution is -0.385. The number of nitro benzene ring substituents is 1. The monoisotopic (exact) mass is 448 g/mol. The van der Waals surface area contributed by atoms with Crippen molar-refractivity contribution in [3.63, 3.8) is 0 Å². The highest BCUT2D eigenvalue weighted by molar-refractivity contribution is 6.05. The maximum atomic E-state index is 12.4. The molecule has 0 aliphatic carbocycles. The molecule has 1 amide bonds. The molecule has 0 aliphatic rings. The summed E-state index contributed by atoms with van der Waals surface area (Å²) in [5.41, 5.74) is 1.64. The molecular formula is C24H20N2O7. The van der Waals surface area contributed by atoms with Crippen molar-refractivity contribution in [1.29, 1.82) is 0 Å². The van der Waals surface area contributed by atoms with Gasteiger partial charge < -0.3 is 14.8 Å². The van der Waals surface area contributed by atoms with Crippen molar-refractivity contribution in [3.8, 4) is 5.75 Å². The van der Waals surface area contributed by atoms with Gasteiger partial charge in [0, 0.05) is 22.9 Å². The van der Waals surface area contributed by atoms with Gasteiger partial charge in [-0.25, -0.2) is 4.79 Å². The summed E-state index contributed by atoms with van der Waals surface area (Å²) in [5.74, 6) is -1.72. The lowest BCUT2D eigenvalue weighted by Gasteiger charge is -2.09. The first-order valence-corrected chi connectivity index (χ1v) is 9.79. The topological polar surface area (TPSA) is 125 Å². The number of nitrogens with one attached hydrogen (secondary N) is 1. The Morgan fingerprint density at radius 2 is 1.64 bits per heavy atom. The first kappa shape index (κ1) is 23.1. The van der Waals surface area contributed by atoms with Gasteiger partial charge in [0.1, 0.15) is 0 Å². The predicted octanol–water partition coefficient (Wildman–Crippen LogP) is 4.20. The number of ketones is 1. The molecule has 168 valence electrons. The zero-order chi connectivity index (χ0) is 24.0. The van der Waals surface area contributed by atoms with Crippen molar-refractivity contribution in [2.24, 2.45) is 0 Å². The molecule has 0 aliphatic heterocycles. The normalized spacial score (nSPS) is 10.2. The van der Waals surface area contributed by atoms with E-state index in [9.17, 15) is 24.5 Å². The van der Waals surface area contributed by atoms with Crippen molar-refractivity contribution >= 4 is 29.0 Å². The molecule has 0 fully saturated rings. The summed E-state index contributed by atoms with van der Waals surface area (Å²) in [5, 5.41) is 13.8. The summed E-state index contributed by atoms with van der Waals surface area (Å²) in [7, 11) is 1.28. The summed E-state index contributed by atoms with van der Waals surface area (Å²) in [4.78, 5) is 47.6. The highest BCUT2D eigenvalue weighted by atomic mass is 16.6. The van der Waals surface area contributed by atoms with Gasteiger partial charge in [-0.1, -0.05) is 23.8 Å². The number of carbonyl (C=O) groups excluding carboxylic acids is 3. The second-order valence-corrected chi connectivity index (χ2v) is 7.04. The Bertz CT molecular complexity index is 1220. The van der Waals surface area contributed by atoms with Crippen molar-refractivity contribution in [2.75, 3.05) is 19.0 Å². The van der Waals surface area contributed by atoms with Gasteiger partial charge in [0.05, 0.1) is 17.6 Å². The number of carbonyl (C=O) groups is 3. The van der Waals surface area contributed by atoms with Crippen molar-refractivity contribution in [3.05, 3.63) is 99.1 Å². The number of nitrogens with zero attached hydrogens (tertiary/aromatic N) is 1. The summed E-state index contributed by atoms with van der Waals surface area (Å²) >= 11 is 0. The van der Waals surface area contributed by atoms with Crippen LogP contribution in [0, 0.1) is 17.0 Å². The number of esters is 1. The molecule has 0 radical (unpaired) electrons. The maximum absolute atomic E-state index is 12.4. The molecule has 9 heteroatoms. The van der Waals surface area contributed by atoms with Gasteiger partial charge in [0.15, 0.2) is 12.4 Å². The van der Waals surface area contributed by atoms with Crippen LogP contribution < -0.4 is 10.1 Å². The summed E-state index contributed by atoms with van der Waals surface area (Å²) in [6.45, 7) is 1.31. The number of aryl methyl sites for hydroxylation is 1. The average molecular weight is 448 g/mol. The first-order valence-electron chi connectivity index (χ1n) is 9.79. The highest BCUT2D eigenvalue weighted by Crippen LogP contribution is 2.27. The van der Waals surface area contributed by atoms with Crippen LogP contribution in [0.1, 0.15) is 36.6 Å². The van der Waals surface area contributed by atoms with E-state index in [1.54, 1.807) is 24.3 Å². The fraction of sp³-hybridized carbons (Fsp3) is 0.125. The molecule has 0 spiro atoms. The van der Waals surface area contributed by atoms with E-state index in [-0.39, 0.29) is 28.5 Å². The molecule has 9 nitrogen and oxygen atoms in total. The SMILES string of the molecule is COc1ccc(C(=O)COC(=O)c2cccc(NC(=O)c3ccc(C)cc3)c2)cc1[N+](=O)[O-]. The van der Waals surface area contributed by atoms with E-state index in [2.05, 4.69) is 5.32 Å². The van der Waals surface area contributed by atoms with Crippen LogP contribution in [0.15, 0.2) is 66.7 Å². The number of methoxy groups -OCH3 is 1. The van der Waals surface area contributed by atoms with Crippen LogP contribution in [0.25, 0.3) is 0 Å². The van der Waals surface area contributed by atoms with E-state index in [4.69, 9.17) is 9.47 Å². The summed E-state index contributed by atoms with van der Waals surface area (Å²) in [6.07, 6.45) is 0. The second kappa shape index (κ2) is 10.2. The van der Waals surface area contributed by atoms with Gasteiger partial charge in [0.25, 0.3) is 5.91 Å². The maximum Gasteiger partial charge on any atom is 0.338 e. The molecule has 3 aromatic carbocycles. The third kappa shape index (κ3) is 5.79. The summed E-state index contributed by atoms with van der Waals surface area (Å²) < 4.78 is 9.96. The smallest absolute Gasteiger partial charge is 0.338 e. The second-order valence-electron chi connectivity index (χ2n) is 7.04. The molecule has 3 rings (SSSR count). The first-order chi connectivity index (χ1) is 15.8. The lowest BCUT2D eigenvalue weighted by Crippen LogP contribution is -2.15. The molecule has 0 atom stereocenters. The minimum Gasteiger partial charge on any atom is -0.490 e. The summed E-state index contributed by atoms with van der Waals surface area (Å²) in [6, 6.07) is 16.8. The number of ether oxygens (including phenoxy) is 2. The number of anilines is 1. The number of Topliss-reactive ketones (excluding diaryl/α,β-unsaturated/α-hetero) is 1. The highest BCUT2D eigenvalue weighted by Gasteiger charge is 2.19. The fourth-order valence-corrected chi connectivity index (χ4v) is 2.94. The van der Waals surface area contributed by atoms with E-state index in [1.807, 2.05) is 19.1 Å². The molecule has 0 heterocycles. The number of nitro groups is 1. The lowest BCUT2D eigenvalue weighted by atomic mass is 10.1. The Labute approximate surface area is 189 Å². The quantitative estimate of drug-likeness (QED) is 0.237. The van der Waals surface area contributed by atoms with Crippen molar-refractivity contribution in [1.82, 2.24) is 0 Å². The minimum absolute atomic E-state index is 0.00871. The molecule has 0 aromatic heterocycles. The molecular weight excluding hydrogens is 428 g/mol. The number of rotatable bonds is 8. The van der Waals surface area contributed by atoms with Crippen molar-refractivity contribution in [2.45, 2.75) is 6.92 Å². The van der Waals surface area contributed by atoms with Crippen LogP contribution in [-0.2, 0) is 4.74 Å². The third-order valence-corrected chi connectivity index (χ3v) is 4.70. The van der Waals surface area contributed by atoms with Crippen LogP contribution in [0.5, 0.6) is 5.75 Å². The Kier molecular flexibility index (Phi) is 7.14. The van der Waals surface area contributed by atoms with Crippen LogP contribution >= 0.6 is 0 Å². The molecule has 0 saturated carbocycles. The number of amides is 1. The molecule has 0 unspecified atom stereocenters. The third-order valence-electron chi connectivity index (χ3n) is 4.70. The molecule has 33 heavy (non-hydrogen) atoms. The van der Waals surface area contributed by atoms with Crippen LogP contribution in [-0.4, -0.2) is 36.3 Å². The van der Waals surface area contributed by atoms with E-state index in [0.717, 1.165) is 11.6 Å². The standard InChI is InChI=1S/C24H20N2O7/c1-15-6-8-16(9-7-15)23(28)25-19-5-3-4-18(12-19)24(29)33-14-21(27)17-10-11-22(32-2)20(13-17)26(30)31/h3-13H,14H2,1-2H3,(H,25,28). The Morgan fingerprint density at radius 1 is 0.939 bits per heavy atom. The van der Waals surface area contributed by atoms with Gasteiger partial charge in [0.2, 0.25) is 5.78 Å². The van der Waals surface area contributed by atoms with E-state index >= 15 is 0 Å². The van der Waals surface area contributed by atoms with E-state index in [1.165, 1.54) is 31.4 Å².